The van der Waals surface area contributed by atoms with Crippen molar-refractivity contribution in [2.24, 2.45) is 0 Å². The van der Waals surface area contributed by atoms with E-state index < -0.39 is 0 Å². The first-order valence-corrected chi connectivity index (χ1v) is 5.99. The Bertz CT molecular complexity index is 562. The van der Waals surface area contributed by atoms with Gasteiger partial charge in [-0.15, -0.1) is 0 Å². The molecule has 1 aromatic carbocycles. The third-order valence-corrected chi connectivity index (χ3v) is 3.08. The van der Waals surface area contributed by atoms with Gasteiger partial charge in [0.05, 0.1) is 19.2 Å². The second kappa shape index (κ2) is 4.79. The van der Waals surface area contributed by atoms with Crippen molar-refractivity contribution in [3.8, 4) is 5.75 Å². The van der Waals surface area contributed by atoms with E-state index in [0.717, 1.165) is 21.1 Å². The van der Waals surface area contributed by atoms with Crippen molar-refractivity contribution >= 4 is 32.8 Å². The fraction of sp³-hybridized carbons (Fsp3) is 0.250. The lowest BCUT2D eigenvalue weighted by Gasteiger charge is -2.01. The summed E-state index contributed by atoms with van der Waals surface area (Å²) in [4.78, 5) is 14.6. The summed E-state index contributed by atoms with van der Waals surface area (Å²) in [6.07, 6.45) is 0. The van der Waals surface area contributed by atoms with E-state index in [0.29, 0.717) is 12.3 Å². The van der Waals surface area contributed by atoms with Crippen molar-refractivity contribution < 1.29 is 14.3 Å². The predicted octanol–water partition coefficient (Wildman–Crippen LogP) is 3.12. The summed E-state index contributed by atoms with van der Waals surface area (Å²) in [6.45, 7) is 2.13. The van der Waals surface area contributed by atoms with Gasteiger partial charge in [0.15, 0.2) is 0 Å². The second-order valence-corrected chi connectivity index (χ2v) is 4.30. The SMILES string of the molecule is CCOC(=O)c1cc2c(OC)ccc(Br)c2[nH]1. The fourth-order valence-electron chi connectivity index (χ4n) is 1.66. The fourth-order valence-corrected chi connectivity index (χ4v) is 2.10. The second-order valence-electron chi connectivity index (χ2n) is 3.44. The number of benzene rings is 1. The molecule has 2 rings (SSSR count). The Balaban J connectivity index is 2.56. The molecule has 2 aromatic rings. The van der Waals surface area contributed by atoms with Gasteiger partial charge in [0.2, 0.25) is 0 Å². The van der Waals surface area contributed by atoms with Crippen molar-refractivity contribution in [3.05, 3.63) is 28.4 Å². The summed E-state index contributed by atoms with van der Waals surface area (Å²) in [5.74, 6) is 0.354. The van der Waals surface area contributed by atoms with E-state index in [1.54, 1.807) is 20.1 Å². The van der Waals surface area contributed by atoms with Crippen LogP contribution in [0, 0.1) is 0 Å². The maximum Gasteiger partial charge on any atom is 0.354 e. The number of H-pyrrole nitrogens is 1. The minimum atomic E-state index is -0.363. The Hall–Kier alpha value is -1.49. The highest BCUT2D eigenvalue weighted by Gasteiger charge is 2.14. The lowest BCUT2D eigenvalue weighted by atomic mass is 10.2. The van der Waals surface area contributed by atoms with Gasteiger partial charge in [0.25, 0.3) is 0 Å². The highest BCUT2D eigenvalue weighted by atomic mass is 79.9. The van der Waals surface area contributed by atoms with Gasteiger partial charge in [-0.25, -0.2) is 4.79 Å². The number of nitrogens with one attached hydrogen (secondary N) is 1. The zero-order valence-electron chi connectivity index (χ0n) is 9.54. The maximum absolute atomic E-state index is 11.6. The number of ether oxygens (including phenoxy) is 2. The number of hydrogen-bond acceptors (Lipinski definition) is 3. The van der Waals surface area contributed by atoms with E-state index in [1.807, 2.05) is 12.1 Å². The lowest BCUT2D eigenvalue weighted by Crippen LogP contribution is -2.04. The van der Waals surface area contributed by atoms with Gasteiger partial charge < -0.3 is 14.5 Å². The van der Waals surface area contributed by atoms with E-state index in [-0.39, 0.29) is 5.97 Å². The van der Waals surface area contributed by atoms with Gasteiger partial charge in [-0.3, -0.25) is 0 Å². The van der Waals surface area contributed by atoms with Crippen LogP contribution < -0.4 is 4.74 Å². The summed E-state index contributed by atoms with van der Waals surface area (Å²) >= 11 is 3.42. The smallest absolute Gasteiger partial charge is 0.354 e. The normalized spacial score (nSPS) is 10.5. The molecule has 1 aromatic heterocycles. The predicted molar refractivity (Wildman–Crippen MR) is 68.5 cm³/mol. The average Bonchev–Trinajstić information content (AvgIpc) is 2.76. The largest absolute Gasteiger partial charge is 0.496 e. The van der Waals surface area contributed by atoms with Gasteiger partial charge in [-0.2, -0.15) is 0 Å². The molecule has 0 amide bonds. The number of fused-ring (bicyclic) bond motifs is 1. The molecule has 0 saturated carbocycles. The van der Waals surface area contributed by atoms with Crippen LogP contribution in [0.2, 0.25) is 0 Å². The maximum atomic E-state index is 11.6. The summed E-state index contributed by atoms with van der Waals surface area (Å²) in [7, 11) is 1.60. The minimum Gasteiger partial charge on any atom is -0.496 e. The molecular weight excluding hydrogens is 286 g/mol. The lowest BCUT2D eigenvalue weighted by molar-refractivity contribution is 0.0520. The molecule has 0 aliphatic carbocycles. The van der Waals surface area contributed by atoms with Crippen LogP contribution in [0.5, 0.6) is 5.75 Å². The zero-order valence-corrected chi connectivity index (χ0v) is 11.1. The molecule has 1 heterocycles. The highest BCUT2D eigenvalue weighted by molar-refractivity contribution is 9.10. The first-order valence-electron chi connectivity index (χ1n) is 5.19. The Morgan fingerprint density at radius 1 is 1.47 bits per heavy atom. The first kappa shape index (κ1) is 12.0. The van der Waals surface area contributed by atoms with Crippen molar-refractivity contribution in [1.29, 1.82) is 0 Å². The van der Waals surface area contributed by atoms with Gasteiger partial charge >= 0.3 is 5.97 Å². The molecule has 0 bridgehead atoms. The van der Waals surface area contributed by atoms with Crippen LogP contribution >= 0.6 is 15.9 Å². The minimum absolute atomic E-state index is 0.354. The van der Waals surface area contributed by atoms with Crippen LogP contribution in [0.1, 0.15) is 17.4 Å². The van der Waals surface area contributed by atoms with Crippen molar-refractivity contribution in [1.82, 2.24) is 4.98 Å². The monoisotopic (exact) mass is 297 g/mol. The first-order chi connectivity index (χ1) is 8.17. The molecule has 17 heavy (non-hydrogen) atoms. The zero-order chi connectivity index (χ0) is 12.4. The van der Waals surface area contributed by atoms with Crippen LogP contribution in [-0.2, 0) is 4.74 Å². The molecule has 0 spiro atoms. The molecule has 5 heteroatoms. The van der Waals surface area contributed by atoms with Crippen molar-refractivity contribution in [3.63, 3.8) is 0 Å². The Kier molecular flexibility index (Phi) is 3.38. The summed E-state index contributed by atoms with van der Waals surface area (Å²) in [5.41, 5.74) is 1.25. The molecule has 0 aliphatic heterocycles. The molecule has 0 aliphatic rings. The van der Waals surface area contributed by atoms with Crippen molar-refractivity contribution in [2.45, 2.75) is 6.92 Å². The van der Waals surface area contributed by atoms with Crippen LogP contribution in [0.25, 0.3) is 10.9 Å². The van der Waals surface area contributed by atoms with Gasteiger partial charge in [-0.1, -0.05) is 0 Å². The molecule has 90 valence electrons. The number of aromatic amines is 1. The van der Waals surface area contributed by atoms with Crippen LogP contribution in [0.4, 0.5) is 0 Å². The molecule has 0 unspecified atom stereocenters. The number of halogens is 1. The average molecular weight is 298 g/mol. The van der Waals surface area contributed by atoms with E-state index in [2.05, 4.69) is 20.9 Å². The number of hydrogen-bond donors (Lipinski definition) is 1. The van der Waals surface area contributed by atoms with Gasteiger partial charge in [0, 0.05) is 9.86 Å². The van der Waals surface area contributed by atoms with Gasteiger partial charge in [0.1, 0.15) is 11.4 Å². The van der Waals surface area contributed by atoms with E-state index in [4.69, 9.17) is 9.47 Å². The summed E-state index contributed by atoms with van der Waals surface area (Å²) in [6, 6.07) is 5.44. The standard InChI is InChI=1S/C12H12BrNO3/c1-3-17-12(15)9-6-7-10(16-2)5-4-8(13)11(7)14-9/h4-6,14H,3H2,1-2H3. The molecule has 0 radical (unpaired) electrons. The van der Waals surface area contributed by atoms with E-state index >= 15 is 0 Å². The summed E-state index contributed by atoms with van der Waals surface area (Å²) < 4.78 is 11.1. The number of rotatable bonds is 3. The van der Waals surface area contributed by atoms with Crippen LogP contribution in [0.15, 0.2) is 22.7 Å². The van der Waals surface area contributed by atoms with E-state index in [9.17, 15) is 4.79 Å². The molecular formula is C12H12BrNO3. The Morgan fingerprint density at radius 2 is 2.24 bits per heavy atom. The molecule has 0 saturated heterocycles. The Labute approximate surface area is 107 Å². The van der Waals surface area contributed by atoms with Crippen LogP contribution in [-0.4, -0.2) is 24.7 Å². The number of carbonyl (C=O) groups is 1. The molecule has 1 N–H and O–H groups in total. The van der Waals surface area contributed by atoms with Gasteiger partial charge in [-0.05, 0) is 41.1 Å². The number of carbonyl (C=O) groups excluding carboxylic acids is 1. The molecule has 4 nitrogen and oxygen atoms in total. The molecule has 0 fully saturated rings. The summed E-state index contributed by atoms with van der Waals surface area (Å²) in [5, 5.41) is 0.852. The topological polar surface area (TPSA) is 51.3 Å². The van der Waals surface area contributed by atoms with Crippen molar-refractivity contribution in [2.75, 3.05) is 13.7 Å². The highest BCUT2D eigenvalue weighted by Crippen LogP contribution is 2.32. The molecule has 0 atom stereocenters. The third-order valence-electron chi connectivity index (χ3n) is 2.42. The number of aromatic nitrogens is 1. The van der Waals surface area contributed by atoms with Crippen LogP contribution in [0.3, 0.4) is 0 Å². The third kappa shape index (κ3) is 2.15. The van der Waals surface area contributed by atoms with E-state index in [1.165, 1.54) is 0 Å². The Morgan fingerprint density at radius 3 is 2.88 bits per heavy atom. The quantitative estimate of drug-likeness (QED) is 0.886. The number of methoxy groups -OCH3 is 1. The number of esters is 1.